The standard InChI is InChI=1S/C21H31NO5/c1-20(2,3)27-19(24)22-5-4-16-17(11-22)25-21(26-18(16)23)14-7-12-6-13(9-14)10-15(21)8-12/h12-17H,4-11H2,1-3H3. The molecule has 4 saturated carbocycles. The van der Waals surface area contributed by atoms with Crippen LogP contribution < -0.4 is 0 Å². The fraction of sp³-hybridized carbons (Fsp3) is 0.905. The molecule has 0 aromatic heterocycles. The fourth-order valence-corrected chi connectivity index (χ4v) is 6.49. The van der Waals surface area contributed by atoms with Gasteiger partial charge in [-0.3, -0.25) is 4.79 Å². The molecule has 4 aliphatic carbocycles. The highest BCUT2D eigenvalue weighted by atomic mass is 16.7. The number of fused-ring (bicyclic) bond motifs is 1. The molecule has 150 valence electrons. The van der Waals surface area contributed by atoms with Crippen LogP contribution in [0.15, 0.2) is 0 Å². The van der Waals surface area contributed by atoms with Gasteiger partial charge in [-0.1, -0.05) is 0 Å². The minimum atomic E-state index is -0.734. The molecule has 4 bridgehead atoms. The van der Waals surface area contributed by atoms with Gasteiger partial charge in [-0.2, -0.15) is 0 Å². The van der Waals surface area contributed by atoms with Crippen LogP contribution in [0.3, 0.4) is 0 Å². The van der Waals surface area contributed by atoms with E-state index in [4.69, 9.17) is 14.2 Å². The maximum atomic E-state index is 12.9. The summed E-state index contributed by atoms with van der Waals surface area (Å²) in [4.78, 5) is 27.1. The van der Waals surface area contributed by atoms with Crippen LogP contribution in [0, 0.1) is 29.6 Å². The number of nitrogens with zero attached hydrogens (tertiary/aromatic N) is 1. The van der Waals surface area contributed by atoms with Crippen molar-refractivity contribution < 1.29 is 23.8 Å². The number of rotatable bonds is 0. The van der Waals surface area contributed by atoms with E-state index < -0.39 is 11.4 Å². The van der Waals surface area contributed by atoms with Crippen LogP contribution in [-0.2, 0) is 19.0 Å². The Kier molecular flexibility index (Phi) is 3.85. The molecule has 2 unspecified atom stereocenters. The lowest BCUT2D eigenvalue weighted by atomic mass is 9.53. The van der Waals surface area contributed by atoms with Gasteiger partial charge >= 0.3 is 12.1 Å². The molecule has 2 aliphatic heterocycles. The van der Waals surface area contributed by atoms with Crippen LogP contribution in [-0.4, -0.2) is 47.5 Å². The summed E-state index contributed by atoms with van der Waals surface area (Å²) in [6.45, 7) is 6.54. The van der Waals surface area contributed by atoms with Gasteiger partial charge in [-0.05, 0) is 71.1 Å². The molecular weight excluding hydrogens is 346 g/mol. The quantitative estimate of drug-likeness (QED) is 0.606. The van der Waals surface area contributed by atoms with Crippen LogP contribution >= 0.6 is 0 Å². The highest BCUT2D eigenvalue weighted by Gasteiger charge is 2.64. The predicted octanol–water partition coefficient (Wildman–Crippen LogP) is 3.34. The topological polar surface area (TPSA) is 65.1 Å². The van der Waals surface area contributed by atoms with Gasteiger partial charge in [0.15, 0.2) is 0 Å². The van der Waals surface area contributed by atoms with E-state index in [2.05, 4.69) is 0 Å². The number of piperidine rings is 1. The van der Waals surface area contributed by atoms with E-state index in [1.165, 1.54) is 6.42 Å². The average molecular weight is 377 g/mol. The SMILES string of the molecule is CC(C)(C)OC(=O)N1CCC2C(=O)OC3(OC2C1)C1CC2CC(C1)CC3C2. The van der Waals surface area contributed by atoms with Crippen LogP contribution in [0.2, 0.25) is 0 Å². The van der Waals surface area contributed by atoms with Crippen molar-refractivity contribution in [1.82, 2.24) is 4.90 Å². The predicted molar refractivity (Wildman–Crippen MR) is 96.7 cm³/mol. The first kappa shape index (κ1) is 17.8. The molecule has 6 fully saturated rings. The molecular formula is C21H31NO5. The van der Waals surface area contributed by atoms with E-state index in [0.717, 1.165) is 37.5 Å². The first-order chi connectivity index (χ1) is 12.7. The molecule has 6 nitrogen and oxygen atoms in total. The first-order valence-electron chi connectivity index (χ1n) is 10.6. The van der Waals surface area contributed by atoms with E-state index in [-0.39, 0.29) is 24.1 Å². The molecule has 2 saturated heterocycles. The van der Waals surface area contributed by atoms with E-state index >= 15 is 0 Å². The average Bonchev–Trinajstić information content (AvgIpc) is 2.57. The monoisotopic (exact) mass is 377 g/mol. The van der Waals surface area contributed by atoms with E-state index in [1.54, 1.807) is 4.90 Å². The zero-order chi connectivity index (χ0) is 19.0. The second-order valence-corrected chi connectivity index (χ2v) is 10.4. The Hall–Kier alpha value is -1.30. The van der Waals surface area contributed by atoms with Crippen LogP contribution in [0.4, 0.5) is 4.79 Å². The normalized spacial score (nSPS) is 45.6. The van der Waals surface area contributed by atoms with Gasteiger partial charge < -0.3 is 19.1 Å². The third-order valence-corrected chi connectivity index (χ3v) is 7.39. The Morgan fingerprint density at radius 2 is 1.74 bits per heavy atom. The van der Waals surface area contributed by atoms with Gasteiger partial charge in [0.2, 0.25) is 5.79 Å². The van der Waals surface area contributed by atoms with Gasteiger partial charge in [0.25, 0.3) is 0 Å². The van der Waals surface area contributed by atoms with Crippen molar-refractivity contribution in [2.24, 2.45) is 29.6 Å². The van der Waals surface area contributed by atoms with Crippen LogP contribution in [0.25, 0.3) is 0 Å². The molecule has 2 atom stereocenters. The summed E-state index contributed by atoms with van der Waals surface area (Å²) < 4.78 is 18.3. The third kappa shape index (κ3) is 2.86. The number of hydrogen-bond acceptors (Lipinski definition) is 5. The van der Waals surface area contributed by atoms with E-state index in [0.29, 0.717) is 31.3 Å². The summed E-state index contributed by atoms with van der Waals surface area (Å²) in [5.41, 5.74) is -0.525. The van der Waals surface area contributed by atoms with Gasteiger partial charge in [0.05, 0.1) is 18.6 Å². The summed E-state index contributed by atoms with van der Waals surface area (Å²) in [7, 11) is 0. The number of hydrogen-bond donors (Lipinski definition) is 0. The Balaban J connectivity index is 1.35. The lowest BCUT2D eigenvalue weighted by Gasteiger charge is -2.62. The van der Waals surface area contributed by atoms with Crippen molar-refractivity contribution in [2.45, 2.75) is 76.8 Å². The molecule has 27 heavy (non-hydrogen) atoms. The molecule has 0 radical (unpaired) electrons. The highest BCUT2D eigenvalue weighted by molar-refractivity contribution is 5.75. The summed E-state index contributed by atoms with van der Waals surface area (Å²) in [5, 5.41) is 0. The summed E-state index contributed by atoms with van der Waals surface area (Å²) in [6.07, 6.45) is 5.81. The van der Waals surface area contributed by atoms with Crippen molar-refractivity contribution in [3.05, 3.63) is 0 Å². The Bertz CT molecular complexity index is 625. The van der Waals surface area contributed by atoms with Gasteiger partial charge in [0, 0.05) is 18.4 Å². The number of esters is 1. The van der Waals surface area contributed by atoms with Crippen LogP contribution in [0.5, 0.6) is 0 Å². The number of amides is 1. The van der Waals surface area contributed by atoms with Crippen molar-refractivity contribution in [3.8, 4) is 0 Å². The fourth-order valence-electron chi connectivity index (χ4n) is 6.49. The molecule has 6 rings (SSSR count). The second kappa shape index (κ2) is 5.85. The molecule has 6 heteroatoms. The smallest absolute Gasteiger partial charge is 0.410 e. The van der Waals surface area contributed by atoms with E-state index in [9.17, 15) is 9.59 Å². The Labute approximate surface area is 160 Å². The lowest BCUT2D eigenvalue weighted by Crippen LogP contribution is -2.68. The number of carbonyl (C=O) groups is 2. The minimum absolute atomic E-state index is 0.109. The van der Waals surface area contributed by atoms with Gasteiger partial charge in [0.1, 0.15) is 5.60 Å². The summed E-state index contributed by atoms with van der Waals surface area (Å²) in [5.74, 6) is 1.12. The maximum absolute atomic E-state index is 12.9. The minimum Gasteiger partial charge on any atom is -0.444 e. The molecule has 0 aromatic rings. The van der Waals surface area contributed by atoms with Gasteiger partial charge in [-0.15, -0.1) is 0 Å². The van der Waals surface area contributed by atoms with Gasteiger partial charge in [-0.25, -0.2) is 4.79 Å². The largest absolute Gasteiger partial charge is 0.444 e. The number of carbonyl (C=O) groups excluding carboxylic acids is 2. The summed E-state index contributed by atoms with van der Waals surface area (Å²) in [6, 6.07) is 0. The molecule has 1 spiro atoms. The van der Waals surface area contributed by atoms with Crippen molar-refractivity contribution >= 4 is 12.1 Å². The van der Waals surface area contributed by atoms with Crippen molar-refractivity contribution in [1.29, 1.82) is 0 Å². The Morgan fingerprint density at radius 3 is 2.33 bits per heavy atom. The Morgan fingerprint density at radius 1 is 1.11 bits per heavy atom. The zero-order valence-electron chi connectivity index (χ0n) is 16.6. The zero-order valence-corrected chi connectivity index (χ0v) is 16.6. The molecule has 0 aromatic carbocycles. The van der Waals surface area contributed by atoms with E-state index in [1.807, 2.05) is 20.8 Å². The molecule has 1 amide bonds. The van der Waals surface area contributed by atoms with Crippen molar-refractivity contribution in [3.63, 3.8) is 0 Å². The molecule has 0 N–H and O–H groups in total. The number of ether oxygens (including phenoxy) is 3. The molecule has 2 heterocycles. The second-order valence-electron chi connectivity index (χ2n) is 10.4. The van der Waals surface area contributed by atoms with Crippen molar-refractivity contribution in [2.75, 3.05) is 13.1 Å². The summed E-state index contributed by atoms with van der Waals surface area (Å²) >= 11 is 0. The maximum Gasteiger partial charge on any atom is 0.410 e. The number of likely N-dealkylation sites (tertiary alicyclic amines) is 1. The molecule has 6 aliphatic rings. The highest BCUT2D eigenvalue weighted by Crippen LogP contribution is 2.61. The lowest BCUT2D eigenvalue weighted by molar-refractivity contribution is -0.365. The third-order valence-electron chi connectivity index (χ3n) is 7.39. The van der Waals surface area contributed by atoms with Crippen LogP contribution in [0.1, 0.15) is 59.3 Å². The first-order valence-corrected chi connectivity index (χ1v) is 10.6.